The Bertz CT molecular complexity index is 1020. The van der Waals surface area contributed by atoms with Gasteiger partial charge in [-0.3, -0.25) is 9.10 Å². The predicted molar refractivity (Wildman–Crippen MR) is 110 cm³/mol. The Balaban J connectivity index is 2.21. The minimum absolute atomic E-state index is 0.292. The molecule has 0 unspecified atom stereocenters. The van der Waals surface area contributed by atoms with Crippen LogP contribution < -0.4 is 9.62 Å². The van der Waals surface area contributed by atoms with E-state index >= 15 is 0 Å². The third-order valence-corrected chi connectivity index (χ3v) is 5.47. The number of sulfonamides is 1. The number of benzene rings is 2. The Morgan fingerprint density at radius 1 is 1.04 bits per heavy atom. The Labute approximate surface area is 165 Å². The first kappa shape index (κ1) is 21.4. The van der Waals surface area contributed by atoms with Gasteiger partial charge in [-0.2, -0.15) is 0 Å². The number of ether oxygens (including phenoxy) is 1. The van der Waals surface area contributed by atoms with Crippen molar-refractivity contribution in [2.45, 2.75) is 20.8 Å². The Kier molecular flexibility index (Phi) is 6.45. The highest BCUT2D eigenvalue weighted by molar-refractivity contribution is 7.92. The summed E-state index contributed by atoms with van der Waals surface area (Å²) < 4.78 is 29.6. The number of rotatable bonds is 6. The SMILES string of the molecule is CCOC(=O)c1ccc(NC(=O)c2ccc(N(C)S(C)(=O)=O)c(C)c2)c(C)c1. The number of esters is 1. The van der Waals surface area contributed by atoms with Gasteiger partial charge < -0.3 is 10.1 Å². The monoisotopic (exact) mass is 404 g/mol. The minimum atomic E-state index is -3.39. The van der Waals surface area contributed by atoms with Crippen LogP contribution in [-0.2, 0) is 14.8 Å². The zero-order chi connectivity index (χ0) is 21.1. The number of carbonyl (C=O) groups is 2. The molecule has 1 amide bonds. The van der Waals surface area contributed by atoms with E-state index in [2.05, 4.69) is 5.32 Å². The molecule has 0 fully saturated rings. The second-order valence-corrected chi connectivity index (χ2v) is 8.45. The highest BCUT2D eigenvalue weighted by Gasteiger charge is 2.16. The number of hydrogen-bond donors (Lipinski definition) is 1. The average molecular weight is 404 g/mol. The molecule has 0 aliphatic rings. The van der Waals surface area contributed by atoms with Gasteiger partial charge in [-0.05, 0) is 68.3 Å². The zero-order valence-electron chi connectivity index (χ0n) is 16.6. The minimum Gasteiger partial charge on any atom is -0.462 e. The van der Waals surface area contributed by atoms with Gasteiger partial charge in [0.05, 0.1) is 24.1 Å². The molecule has 0 heterocycles. The number of nitrogens with one attached hydrogen (secondary N) is 1. The summed E-state index contributed by atoms with van der Waals surface area (Å²) in [7, 11) is -1.92. The van der Waals surface area contributed by atoms with Crippen molar-refractivity contribution in [1.29, 1.82) is 0 Å². The summed E-state index contributed by atoms with van der Waals surface area (Å²) in [4.78, 5) is 24.4. The van der Waals surface area contributed by atoms with Crippen LogP contribution in [0.25, 0.3) is 0 Å². The molecule has 0 aliphatic carbocycles. The van der Waals surface area contributed by atoms with E-state index in [-0.39, 0.29) is 5.91 Å². The van der Waals surface area contributed by atoms with Crippen LogP contribution in [0.3, 0.4) is 0 Å². The van der Waals surface area contributed by atoms with Crippen molar-refractivity contribution in [1.82, 2.24) is 0 Å². The highest BCUT2D eigenvalue weighted by Crippen LogP contribution is 2.23. The van der Waals surface area contributed by atoms with Crippen molar-refractivity contribution in [3.63, 3.8) is 0 Å². The van der Waals surface area contributed by atoms with E-state index in [4.69, 9.17) is 4.74 Å². The maximum absolute atomic E-state index is 12.6. The summed E-state index contributed by atoms with van der Waals surface area (Å²) in [5.41, 5.74) is 3.29. The van der Waals surface area contributed by atoms with E-state index < -0.39 is 16.0 Å². The summed E-state index contributed by atoms with van der Waals surface area (Å²) in [6.07, 6.45) is 1.12. The van der Waals surface area contributed by atoms with Crippen molar-refractivity contribution in [2.24, 2.45) is 0 Å². The van der Waals surface area contributed by atoms with Crippen LogP contribution in [0.4, 0.5) is 11.4 Å². The van der Waals surface area contributed by atoms with Crippen LogP contribution in [0.5, 0.6) is 0 Å². The van der Waals surface area contributed by atoms with Gasteiger partial charge >= 0.3 is 5.97 Å². The van der Waals surface area contributed by atoms with Gasteiger partial charge in [0.1, 0.15) is 0 Å². The average Bonchev–Trinajstić information content (AvgIpc) is 2.62. The highest BCUT2D eigenvalue weighted by atomic mass is 32.2. The van der Waals surface area contributed by atoms with Gasteiger partial charge in [0, 0.05) is 18.3 Å². The topological polar surface area (TPSA) is 92.8 Å². The van der Waals surface area contributed by atoms with Crippen molar-refractivity contribution in [2.75, 3.05) is 29.5 Å². The molecule has 1 N–H and O–H groups in total. The van der Waals surface area contributed by atoms with E-state index in [0.717, 1.165) is 11.8 Å². The normalized spacial score (nSPS) is 11.0. The molecule has 0 atom stereocenters. The third kappa shape index (κ3) is 4.89. The van der Waals surface area contributed by atoms with Crippen LogP contribution in [0.2, 0.25) is 0 Å². The number of hydrogen-bond acceptors (Lipinski definition) is 5. The Hall–Kier alpha value is -2.87. The molecule has 0 aromatic heterocycles. The maximum Gasteiger partial charge on any atom is 0.338 e. The Morgan fingerprint density at radius 2 is 1.64 bits per heavy atom. The van der Waals surface area contributed by atoms with Crippen molar-refractivity contribution in [3.8, 4) is 0 Å². The van der Waals surface area contributed by atoms with Gasteiger partial charge in [0.15, 0.2) is 0 Å². The molecule has 150 valence electrons. The fourth-order valence-electron chi connectivity index (χ4n) is 2.67. The first-order valence-electron chi connectivity index (χ1n) is 8.68. The number of aryl methyl sites for hydroxylation is 2. The summed E-state index contributed by atoms with van der Waals surface area (Å²) in [5.74, 6) is -0.742. The number of carbonyl (C=O) groups excluding carboxylic acids is 2. The smallest absolute Gasteiger partial charge is 0.338 e. The summed E-state index contributed by atoms with van der Waals surface area (Å²) >= 11 is 0. The van der Waals surface area contributed by atoms with Gasteiger partial charge in [-0.25, -0.2) is 13.2 Å². The van der Waals surface area contributed by atoms with Crippen LogP contribution in [0, 0.1) is 13.8 Å². The van der Waals surface area contributed by atoms with Crippen LogP contribution in [0.15, 0.2) is 36.4 Å². The fraction of sp³-hybridized carbons (Fsp3) is 0.300. The van der Waals surface area contributed by atoms with E-state index in [9.17, 15) is 18.0 Å². The van der Waals surface area contributed by atoms with Gasteiger partial charge in [0.25, 0.3) is 5.91 Å². The van der Waals surface area contributed by atoms with Gasteiger partial charge in [-0.15, -0.1) is 0 Å². The van der Waals surface area contributed by atoms with Crippen LogP contribution in [0.1, 0.15) is 38.8 Å². The summed E-state index contributed by atoms with van der Waals surface area (Å²) in [6.45, 7) is 5.56. The van der Waals surface area contributed by atoms with Gasteiger partial charge in [-0.1, -0.05) is 0 Å². The lowest BCUT2D eigenvalue weighted by molar-refractivity contribution is 0.0526. The van der Waals surface area contributed by atoms with E-state index in [1.165, 1.54) is 11.4 Å². The lowest BCUT2D eigenvalue weighted by Crippen LogP contribution is -2.25. The lowest BCUT2D eigenvalue weighted by Gasteiger charge is -2.19. The molecule has 0 saturated heterocycles. The van der Waals surface area contributed by atoms with Crippen LogP contribution >= 0.6 is 0 Å². The first-order valence-corrected chi connectivity index (χ1v) is 10.5. The maximum atomic E-state index is 12.6. The quantitative estimate of drug-likeness (QED) is 0.747. The molecule has 28 heavy (non-hydrogen) atoms. The van der Waals surface area contributed by atoms with E-state index in [1.54, 1.807) is 57.2 Å². The van der Waals surface area contributed by atoms with E-state index in [0.29, 0.717) is 34.7 Å². The molecular weight excluding hydrogens is 380 g/mol. The largest absolute Gasteiger partial charge is 0.462 e. The molecule has 0 aliphatic heterocycles. The third-order valence-electron chi connectivity index (χ3n) is 4.28. The molecule has 0 saturated carbocycles. The van der Waals surface area contributed by atoms with Crippen LogP contribution in [-0.4, -0.2) is 40.2 Å². The molecule has 2 aromatic carbocycles. The predicted octanol–water partition coefficient (Wildman–Crippen LogP) is 3.13. The second-order valence-electron chi connectivity index (χ2n) is 6.44. The lowest BCUT2D eigenvalue weighted by atomic mass is 10.1. The first-order chi connectivity index (χ1) is 13.0. The van der Waals surface area contributed by atoms with Gasteiger partial charge in [0.2, 0.25) is 10.0 Å². The molecule has 7 nitrogen and oxygen atoms in total. The number of amides is 1. The molecule has 8 heteroatoms. The summed E-state index contributed by atoms with van der Waals surface area (Å²) in [5, 5.41) is 2.81. The molecule has 2 rings (SSSR count). The van der Waals surface area contributed by atoms with Crippen molar-refractivity contribution in [3.05, 3.63) is 58.7 Å². The van der Waals surface area contributed by atoms with Crippen molar-refractivity contribution < 1.29 is 22.7 Å². The zero-order valence-corrected chi connectivity index (χ0v) is 17.4. The molecule has 0 spiro atoms. The molecular formula is C20H24N2O5S. The second kappa shape index (κ2) is 8.43. The number of nitrogens with zero attached hydrogens (tertiary/aromatic N) is 1. The number of anilines is 2. The molecule has 0 bridgehead atoms. The standard InChI is InChI=1S/C20H24N2O5S/c1-6-27-20(24)16-7-9-17(13(2)11-16)21-19(23)15-8-10-18(14(3)12-15)22(4)28(5,25)26/h7-12H,6H2,1-5H3,(H,21,23). The molecule has 0 radical (unpaired) electrons. The Morgan fingerprint density at radius 3 is 2.18 bits per heavy atom. The fourth-order valence-corrected chi connectivity index (χ4v) is 3.23. The van der Waals surface area contributed by atoms with E-state index in [1.807, 2.05) is 0 Å². The van der Waals surface area contributed by atoms with Crippen molar-refractivity contribution >= 4 is 33.3 Å². The summed E-state index contributed by atoms with van der Waals surface area (Å²) in [6, 6.07) is 9.70. The molecule has 2 aromatic rings.